The van der Waals surface area contributed by atoms with E-state index < -0.39 is 0 Å². The van der Waals surface area contributed by atoms with Gasteiger partial charge in [0.1, 0.15) is 0 Å². The molecule has 0 saturated heterocycles. The second-order valence-electron chi connectivity index (χ2n) is 4.64. The van der Waals surface area contributed by atoms with Crippen molar-refractivity contribution in [2.75, 3.05) is 6.54 Å². The molecule has 0 aromatic heterocycles. The number of primary amides is 1. The average Bonchev–Trinajstić information content (AvgIpc) is 2.10. The zero-order valence-corrected chi connectivity index (χ0v) is 9.31. The largest absolute Gasteiger partial charge is 0.370 e. The number of nitrogens with one attached hydrogen (secondary N) is 1. The highest BCUT2D eigenvalue weighted by molar-refractivity contribution is 5.75. The standard InChI is InChI=1S/C11H22N2O/c1-3-13-11(8-10(12)14)6-4-9(2)5-7-11/h9,13H,3-8H2,1-2H3,(H2,12,14). The molecule has 1 amide bonds. The van der Waals surface area contributed by atoms with Crippen molar-refractivity contribution in [1.29, 1.82) is 0 Å². The Morgan fingerprint density at radius 3 is 2.50 bits per heavy atom. The molecule has 3 heteroatoms. The van der Waals surface area contributed by atoms with Crippen molar-refractivity contribution < 1.29 is 4.79 Å². The van der Waals surface area contributed by atoms with Crippen LogP contribution in [0.15, 0.2) is 0 Å². The molecule has 82 valence electrons. The summed E-state index contributed by atoms with van der Waals surface area (Å²) in [6, 6.07) is 0. The molecule has 0 spiro atoms. The van der Waals surface area contributed by atoms with E-state index in [1.165, 1.54) is 12.8 Å². The van der Waals surface area contributed by atoms with Crippen LogP contribution >= 0.6 is 0 Å². The summed E-state index contributed by atoms with van der Waals surface area (Å²) in [5.41, 5.74) is 5.30. The molecular weight excluding hydrogens is 176 g/mol. The lowest BCUT2D eigenvalue weighted by Crippen LogP contribution is -2.50. The third-order valence-electron chi connectivity index (χ3n) is 3.30. The van der Waals surface area contributed by atoms with Crippen molar-refractivity contribution in [3.05, 3.63) is 0 Å². The quantitative estimate of drug-likeness (QED) is 0.718. The minimum atomic E-state index is -0.180. The lowest BCUT2D eigenvalue weighted by atomic mass is 9.75. The number of carbonyl (C=O) groups excluding carboxylic acids is 1. The third kappa shape index (κ3) is 2.98. The van der Waals surface area contributed by atoms with E-state index in [1.807, 2.05) is 0 Å². The second-order valence-corrected chi connectivity index (χ2v) is 4.64. The van der Waals surface area contributed by atoms with E-state index in [0.29, 0.717) is 6.42 Å². The van der Waals surface area contributed by atoms with Crippen molar-refractivity contribution >= 4 is 5.91 Å². The summed E-state index contributed by atoms with van der Waals surface area (Å²) in [5.74, 6) is 0.621. The summed E-state index contributed by atoms with van der Waals surface area (Å²) in [5, 5.41) is 3.45. The Hall–Kier alpha value is -0.570. The molecule has 3 N–H and O–H groups in total. The Balaban J connectivity index is 2.57. The van der Waals surface area contributed by atoms with Crippen LogP contribution in [0.3, 0.4) is 0 Å². The lowest BCUT2D eigenvalue weighted by molar-refractivity contribution is -0.119. The number of amides is 1. The van der Waals surface area contributed by atoms with Crippen molar-refractivity contribution in [1.82, 2.24) is 5.32 Å². The Morgan fingerprint density at radius 2 is 2.07 bits per heavy atom. The van der Waals surface area contributed by atoms with Crippen molar-refractivity contribution in [2.45, 2.75) is 51.5 Å². The van der Waals surface area contributed by atoms with Gasteiger partial charge < -0.3 is 11.1 Å². The maximum Gasteiger partial charge on any atom is 0.219 e. The Morgan fingerprint density at radius 1 is 1.50 bits per heavy atom. The molecule has 1 rings (SSSR count). The minimum Gasteiger partial charge on any atom is -0.370 e. The second kappa shape index (κ2) is 4.78. The van der Waals surface area contributed by atoms with E-state index in [0.717, 1.165) is 25.3 Å². The fourth-order valence-electron chi connectivity index (χ4n) is 2.44. The first kappa shape index (κ1) is 11.5. The van der Waals surface area contributed by atoms with Crippen LogP contribution in [0.1, 0.15) is 46.0 Å². The fourth-order valence-corrected chi connectivity index (χ4v) is 2.44. The Bertz CT molecular complexity index is 195. The smallest absolute Gasteiger partial charge is 0.219 e. The fraction of sp³-hybridized carbons (Fsp3) is 0.909. The zero-order chi connectivity index (χ0) is 10.6. The van der Waals surface area contributed by atoms with Crippen LogP contribution in [0.4, 0.5) is 0 Å². The molecule has 0 aromatic rings. The first-order valence-corrected chi connectivity index (χ1v) is 5.61. The van der Waals surface area contributed by atoms with Crippen molar-refractivity contribution in [3.63, 3.8) is 0 Å². The summed E-state index contributed by atoms with van der Waals surface area (Å²) in [6.45, 7) is 5.28. The van der Waals surface area contributed by atoms with E-state index in [4.69, 9.17) is 5.73 Å². The highest BCUT2D eigenvalue weighted by Crippen LogP contribution is 2.33. The average molecular weight is 198 g/mol. The molecule has 3 nitrogen and oxygen atoms in total. The summed E-state index contributed by atoms with van der Waals surface area (Å²) in [4.78, 5) is 11.0. The first-order valence-electron chi connectivity index (χ1n) is 5.61. The van der Waals surface area contributed by atoms with Gasteiger partial charge in [-0.05, 0) is 38.1 Å². The van der Waals surface area contributed by atoms with Crippen molar-refractivity contribution in [3.8, 4) is 0 Å². The molecule has 0 unspecified atom stereocenters. The van der Waals surface area contributed by atoms with Crippen LogP contribution in [-0.2, 0) is 4.79 Å². The van der Waals surface area contributed by atoms with Gasteiger partial charge in [-0.25, -0.2) is 0 Å². The van der Waals surface area contributed by atoms with Crippen LogP contribution < -0.4 is 11.1 Å². The topological polar surface area (TPSA) is 55.1 Å². The number of rotatable bonds is 4. The molecule has 1 aliphatic carbocycles. The maximum absolute atomic E-state index is 11.0. The third-order valence-corrected chi connectivity index (χ3v) is 3.30. The first-order chi connectivity index (χ1) is 6.58. The van der Waals surface area contributed by atoms with Gasteiger partial charge in [0.15, 0.2) is 0 Å². The molecule has 0 aromatic carbocycles. The highest BCUT2D eigenvalue weighted by atomic mass is 16.1. The van der Waals surface area contributed by atoms with Crippen LogP contribution in [0, 0.1) is 5.92 Å². The predicted molar refractivity (Wildman–Crippen MR) is 57.9 cm³/mol. The van der Waals surface area contributed by atoms with Gasteiger partial charge >= 0.3 is 0 Å². The van der Waals surface area contributed by atoms with Crippen LogP contribution in [0.2, 0.25) is 0 Å². The summed E-state index contributed by atoms with van der Waals surface area (Å²) in [7, 11) is 0. The monoisotopic (exact) mass is 198 g/mol. The van der Waals surface area contributed by atoms with Crippen molar-refractivity contribution in [2.24, 2.45) is 11.7 Å². The van der Waals surface area contributed by atoms with Gasteiger partial charge in [0.05, 0.1) is 0 Å². The van der Waals surface area contributed by atoms with Gasteiger partial charge in [-0.1, -0.05) is 13.8 Å². The molecule has 0 radical (unpaired) electrons. The van der Waals surface area contributed by atoms with E-state index in [-0.39, 0.29) is 11.4 Å². The molecule has 1 aliphatic rings. The maximum atomic E-state index is 11.0. The summed E-state index contributed by atoms with van der Waals surface area (Å²) >= 11 is 0. The minimum absolute atomic E-state index is 0.00704. The van der Waals surface area contributed by atoms with E-state index in [1.54, 1.807) is 0 Å². The Kier molecular flexibility index (Phi) is 3.93. The molecule has 0 aliphatic heterocycles. The number of nitrogens with two attached hydrogens (primary N) is 1. The number of hydrogen-bond donors (Lipinski definition) is 2. The van der Waals surface area contributed by atoms with E-state index in [9.17, 15) is 4.79 Å². The van der Waals surface area contributed by atoms with Gasteiger partial charge in [0.2, 0.25) is 5.91 Å². The molecule has 0 atom stereocenters. The summed E-state index contributed by atoms with van der Waals surface area (Å²) < 4.78 is 0. The molecule has 0 bridgehead atoms. The normalized spacial score (nSPS) is 32.9. The molecular formula is C11H22N2O. The van der Waals surface area contributed by atoms with Gasteiger partial charge in [-0.3, -0.25) is 4.79 Å². The summed E-state index contributed by atoms with van der Waals surface area (Å²) in [6.07, 6.45) is 5.09. The van der Waals surface area contributed by atoms with Crippen LogP contribution in [-0.4, -0.2) is 18.0 Å². The number of carbonyl (C=O) groups is 1. The molecule has 1 fully saturated rings. The van der Waals surface area contributed by atoms with Gasteiger partial charge in [0, 0.05) is 12.0 Å². The van der Waals surface area contributed by atoms with E-state index in [2.05, 4.69) is 19.2 Å². The zero-order valence-electron chi connectivity index (χ0n) is 9.31. The highest BCUT2D eigenvalue weighted by Gasteiger charge is 2.34. The van der Waals surface area contributed by atoms with Crippen LogP contribution in [0.5, 0.6) is 0 Å². The van der Waals surface area contributed by atoms with Crippen LogP contribution in [0.25, 0.3) is 0 Å². The Labute approximate surface area is 86.4 Å². The van der Waals surface area contributed by atoms with Gasteiger partial charge in [-0.15, -0.1) is 0 Å². The number of hydrogen-bond acceptors (Lipinski definition) is 2. The van der Waals surface area contributed by atoms with E-state index >= 15 is 0 Å². The molecule has 0 heterocycles. The molecule has 1 saturated carbocycles. The molecule has 14 heavy (non-hydrogen) atoms. The SMILES string of the molecule is CCNC1(CC(N)=O)CCC(C)CC1. The predicted octanol–water partition coefficient (Wildman–Crippen LogP) is 1.42. The van der Waals surface area contributed by atoms with Gasteiger partial charge in [0.25, 0.3) is 0 Å². The lowest BCUT2D eigenvalue weighted by Gasteiger charge is -2.39. The van der Waals surface area contributed by atoms with Gasteiger partial charge in [-0.2, -0.15) is 0 Å².